The van der Waals surface area contributed by atoms with Gasteiger partial charge in [0, 0.05) is 19.6 Å². The largest absolute Gasteiger partial charge is 0.491 e. The third kappa shape index (κ3) is 38.4. The maximum atomic E-state index is 11.4. The molecule has 15 heteroatoms. The number of hydrogen-bond acceptors (Lipinski definition) is 13. The van der Waals surface area contributed by atoms with Crippen LogP contribution < -0.4 is 10.1 Å². The van der Waals surface area contributed by atoms with E-state index < -0.39 is 5.97 Å². The van der Waals surface area contributed by atoms with E-state index in [0.717, 1.165) is 12.2 Å². The molecule has 0 saturated carbocycles. The Morgan fingerprint density at radius 3 is 1.25 bits per heavy atom. The van der Waals surface area contributed by atoms with Gasteiger partial charge in [0.15, 0.2) is 0 Å². The molecule has 326 valence electrons. The van der Waals surface area contributed by atoms with E-state index in [1.54, 1.807) is 0 Å². The number of rotatable bonds is 45. The first kappa shape index (κ1) is 51.6. The number of carbonyl (C=O) groups is 2. The molecule has 0 aliphatic heterocycles. The van der Waals surface area contributed by atoms with E-state index in [1.165, 1.54) is 44.1 Å². The highest BCUT2D eigenvalue weighted by Crippen LogP contribution is 2.15. The molecule has 0 bridgehead atoms. The number of carboxylic acids is 1. The summed E-state index contributed by atoms with van der Waals surface area (Å²) in [5, 5.41) is 11.2. The summed E-state index contributed by atoms with van der Waals surface area (Å²) in [5.74, 6) is -0.370. The maximum absolute atomic E-state index is 11.4. The second kappa shape index (κ2) is 42.2. The predicted molar refractivity (Wildman–Crippen MR) is 212 cm³/mol. The zero-order valence-corrected chi connectivity index (χ0v) is 34.2. The van der Waals surface area contributed by atoms with E-state index in [0.29, 0.717) is 152 Å². The molecule has 0 heterocycles. The van der Waals surface area contributed by atoms with Gasteiger partial charge in [0.25, 0.3) is 0 Å². The van der Waals surface area contributed by atoms with Gasteiger partial charge >= 0.3 is 5.97 Å². The van der Waals surface area contributed by atoms with Gasteiger partial charge in [0.05, 0.1) is 132 Å². The standard InChI is InChI=1S/C41H73NO14/c1-2-3-4-5-6-7-9-38-10-12-39(13-11-38)56-37-36-55-35-34-54-33-32-53-31-30-52-29-28-51-27-26-50-25-24-49-23-22-48-21-20-47-19-18-46-17-8-16-42-40(43)14-15-41(44)45/h10-13H,2-9,14-37H2,1H3,(H,42,43)(H,44,45). The number of carbonyl (C=O) groups excluding carboxylic acids is 1. The molecule has 0 saturated heterocycles. The fourth-order valence-corrected chi connectivity index (χ4v) is 4.87. The summed E-state index contributed by atoms with van der Waals surface area (Å²) in [6.45, 7) is 13.0. The van der Waals surface area contributed by atoms with E-state index in [1.807, 2.05) is 12.1 Å². The zero-order valence-electron chi connectivity index (χ0n) is 34.2. The van der Waals surface area contributed by atoms with E-state index in [-0.39, 0.29) is 18.7 Å². The van der Waals surface area contributed by atoms with Gasteiger partial charge in [0.2, 0.25) is 5.91 Å². The van der Waals surface area contributed by atoms with Crippen LogP contribution >= 0.6 is 0 Å². The fraction of sp³-hybridized carbons (Fsp3) is 0.805. The quantitative estimate of drug-likeness (QED) is 0.0885. The summed E-state index contributed by atoms with van der Waals surface area (Å²) in [6, 6.07) is 8.41. The molecule has 15 nitrogen and oxygen atoms in total. The molecule has 0 radical (unpaired) electrons. The number of hydrogen-bond donors (Lipinski definition) is 2. The highest BCUT2D eigenvalue weighted by molar-refractivity contribution is 5.80. The highest BCUT2D eigenvalue weighted by atomic mass is 16.6. The average Bonchev–Trinajstić information content (AvgIpc) is 3.20. The first-order valence-corrected chi connectivity index (χ1v) is 20.6. The number of aliphatic carboxylic acids is 1. The molecule has 0 fully saturated rings. The Morgan fingerprint density at radius 1 is 0.464 bits per heavy atom. The van der Waals surface area contributed by atoms with Crippen LogP contribution in [-0.2, 0) is 63.4 Å². The summed E-state index contributed by atoms with van der Waals surface area (Å²) in [5.41, 5.74) is 1.37. The van der Waals surface area contributed by atoms with Crippen LogP contribution in [0, 0.1) is 0 Å². The van der Waals surface area contributed by atoms with Gasteiger partial charge in [-0.25, -0.2) is 0 Å². The predicted octanol–water partition coefficient (Wildman–Crippen LogP) is 4.51. The van der Waals surface area contributed by atoms with E-state index >= 15 is 0 Å². The Bertz CT molecular complexity index is 988. The average molecular weight is 804 g/mol. The molecular weight excluding hydrogens is 730 g/mol. The molecule has 1 aromatic rings. The second-order valence-electron chi connectivity index (χ2n) is 12.7. The Labute approximate surface area is 335 Å². The molecule has 0 aliphatic carbocycles. The lowest BCUT2D eigenvalue weighted by Gasteiger charge is -2.09. The Kier molecular flexibility index (Phi) is 38.8. The van der Waals surface area contributed by atoms with Gasteiger partial charge in [-0.3, -0.25) is 9.59 Å². The number of ether oxygens (including phenoxy) is 11. The number of aryl methyl sites for hydroxylation is 1. The number of nitrogens with one attached hydrogen (secondary N) is 1. The summed E-state index contributed by atoms with van der Waals surface area (Å²) in [4.78, 5) is 21.8. The first-order valence-electron chi connectivity index (χ1n) is 20.6. The number of amides is 1. The van der Waals surface area contributed by atoms with E-state index in [4.69, 9.17) is 57.2 Å². The Morgan fingerprint density at radius 2 is 0.839 bits per heavy atom. The third-order valence-corrected chi connectivity index (χ3v) is 7.94. The van der Waals surface area contributed by atoms with Crippen LogP contribution in [0.2, 0.25) is 0 Å². The van der Waals surface area contributed by atoms with Crippen molar-refractivity contribution in [2.75, 3.05) is 145 Å². The molecule has 1 amide bonds. The number of carboxylic acid groups (broad SMARTS) is 1. The van der Waals surface area contributed by atoms with Crippen LogP contribution in [0.5, 0.6) is 5.75 Å². The number of unbranched alkanes of at least 4 members (excludes halogenated alkanes) is 5. The molecule has 0 aliphatic rings. The summed E-state index contributed by atoms with van der Waals surface area (Å²) < 4.78 is 60.7. The van der Waals surface area contributed by atoms with Crippen molar-refractivity contribution >= 4 is 11.9 Å². The van der Waals surface area contributed by atoms with Gasteiger partial charge in [-0.1, -0.05) is 51.2 Å². The van der Waals surface area contributed by atoms with Gasteiger partial charge in [-0.2, -0.15) is 0 Å². The van der Waals surface area contributed by atoms with Crippen LogP contribution in [0.1, 0.15) is 70.3 Å². The highest BCUT2D eigenvalue weighted by Gasteiger charge is 2.04. The Balaban J connectivity index is 1.68. The van der Waals surface area contributed by atoms with Crippen LogP contribution in [0.4, 0.5) is 0 Å². The normalized spacial score (nSPS) is 11.3. The van der Waals surface area contributed by atoms with Crippen molar-refractivity contribution in [3.05, 3.63) is 29.8 Å². The minimum Gasteiger partial charge on any atom is -0.491 e. The lowest BCUT2D eigenvalue weighted by Crippen LogP contribution is -2.25. The summed E-state index contributed by atoms with van der Waals surface area (Å²) in [6.07, 6.45) is 9.52. The molecule has 0 aromatic heterocycles. The third-order valence-electron chi connectivity index (χ3n) is 7.94. The summed E-state index contributed by atoms with van der Waals surface area (Å²) >= 11 is 0. The van der Waals surface area contributed by atoms with Crippen molar-refractivity contribution in [1.82, 2.24) is 5.32 Å². The molecular formula is C41H73NO14. The second-order valence-corrected chi connectivity index (χ2v) is 12.7. The van der Waals surface area contributed by atoms with E-state index in [9.17, 15) is 9.59 Å². The fourth-order valence-electron chi connectivity index (χ4n) is 4.87. The van der Waals surface area contributed by atoms with Gasteiger partial charge in [-0.15, -0.1) is 0 Å². The van der Waals surface area contributed by atoms with Crippen molar-refractivity contribution in [2.45, 2.75) is 71.1 Å². The Hall–Kier alpha value is -2.44. The number of benzene rings is 1. The minimum absolute atomic E-state index is 0.0103. The van der Waals surface area contributed by atoms with E-state index in [2.05, 4.69) is 24.4 Å². The van der Waals surface area contributed by atoms with Crippen molar-refractivity contribution < 1.29 is 66.8 Å². The van der Waals surface area contributed by atoms with Gasteiger partial charge in [-0.05, 0) is 37.0 Å². The molecule has 56 heavy (non-hydrogen) atoms. The molecule has 0 atom stereocenters. The SMILES string of the molecule is CCCCCCCCc1ccc(OCCOCCOCCOCCOCCOCCOCCOCCOCCOCCOCCCNC(=O)CCC(=O)O)cc1. The monoisotopic (exact) mass is 804 g/mol. The molecule has 0 unspecified atom stereocenters. The minimum atomic E-state index is -0.982. The molecule has 2 N–H and O–H groups in total. The molecule has 0 spiro atoms. The summed E-state index contributed by atoms with van der Waals surface area (Å²) in [7, 11) is 0. The van der Waals surface area contributed by atoms with Crippen LogP contribution in [0.15, 0.2) is 24.3 Å². The van der Waals surface area contributed by atoms with Crippen LogP contribution in [0.25, 0.3) is 0 Å². The topological polar surface area (TPSA) is 168 Å². The van der Waals surface area contributed by atoms with Crippen LogP contribution in [-0.4, -0.2) is 162 Å². The zero-order chi connectivity index (χ0) is 40.3. The maximum Gasteiger partial charge on any atom is 0.303 e. The van der Waals surface area contributed by atoms with Crippen molar-refractivity contribution in [3.8, 4) is 5.75 Å². The van der Waals surface area contributed by atoms with Gasteiger partial charge in [0.1, 0.15) is 12.4 Å². The van der Waals surface area contributed by atoms with Crippen LogP contribution in [0.3, 0.4) is 0 Å². The van der Waals surface area contributed by atoms with Crippen molar-refractivity contribution in [2.24, 2.45) is 0 Å². The molecule has 1 aromatic carbocycles. The lowest BCUT2D eigenvalue weighted by molar-refractivity contribution is -0.138. The van der Waals surface area contributed by atoms with Crippen molar-refractivity contribution in [3.63, 3.8) is 0 Å². The smallest absolute Gasteiger partial charge is 0.303 e. The van der Waals surface area contributed by atoms with Gasteiger partial charge < -0.3 is 62.5 Å². The lowest BCUT2D eigenvalue weighted by atomic mass is 10.0. The first-order chi connectivity index (χ1) is 27.6. The molecule has 1 rings (SSSR count). The van der Waals surface area contributed by atoms with Crippen molar-refractivity contribution in [1.29, 1.82) is 0 Å².